The molecule has 0 N–H and O–H groups in total. The Morgan fingerprint density at radius 3 is 2.57 bits per heavy atom. The summed E-state index contributed by atoms with van der Waals surface area (Å²) in [6, 6.07) is 1.77. The molecule has 1 aromatic heterocycles. The third kappa shape index (κ3) is 0.967. The van der Waals surface area contributed by atoms with Gasteiger partial charge in [-0.05, 0) is 30.2 Å². The molecule has 1 nitrogen and oxygen atoms in total. The second-order valence-electron chi connectivity index (χ2n) is 1.43. The van der Waals surface area contributed by atoms with Gasteiger partial charge in [0.15, 0.2) is 5.22 Å². The van der Waals surface area contributed by atoms with Gasteiger partial charge >= 0.3 is 0 Å². The Bertz CT molecular complexity index is 140. The summed E-state index contributed by atoms with van der Waals surface area (Å²) in [5.41, 5.74) is 1.06. The van der Waals surface area contributed by atoms with Crippen LogP contribution in [-0.2, 0) is 0 Å². The number of halogens is 1. The first kappa shape index (κ1) is 4.72. The summed E-state index contributed by atoms with van der Waals surface area (Å²) in [4.78, 5) is 0. The smallest absolute Gasteiger partial charge is 0.193 e. The standard InChI is InChI=1S/C5H5ClO/c1-4-2-5(6)7-3-4/h2-3H,1H3. The summed E-state index contributed by atoms with van der Waals surface area (Å²) in [6.07, 6.45) is 1.61. The van der Waals surface area contributed by atoms with Crippen molar-refractivity contribution in [2.45, 2.75) is 6.92 Å². The highest BCUT2D eigenvalue weighted by Crippen LogP contribution is 2.10. The normalized spacial score (nSPS) is 9.43. The number of furan rings is 1. The van der Waals surface area contributed by atoms with Crippen molar-refractivity contribution in [3.63, 3.8) is 0 Å². The zero-order valence-corrected chi connectivity index (χ0v) is 4.70. The Balaban J connectivity index is 3.04. The van der Waals surface area contributed by atoms with Crippen molar-refractivity contribution in [2.75, 3.05) is 0 Å². The SMILES string of the molecule is Cc1coc(Cl)c1. The van der Waals surface area contributed by atoms with Crippen LogP contribution in [0.1, 0.15) is 5.56 Å². The summed E-state index contributed by atoms with van der Waals surface area (Å²) in [7, 11) is 0. The van der Waals surface area contributed by atoms with Gasteiger partial charge in [-0.1, -0.05) is 0 Å². The quantitative estimate of drug-likeness (QED) is 0.507. The lowest BCUT2D eigenvalue weighted by molar-refractivity contribution is 0.567. The first-order valence-corrected chi connectivity index (χ1v) is 2.37. The molecule has 0 bridgehead atoms. The number of hydrogen-bond donors (Lipinski definition) is 0. The van der Waals surface area contributed by atoms with E-state index in [4.69, 9.17) is 16.0 Å². The highest BCUT2D eigenvalue weighted by atomic mass is 35.5. The van der Waals surface area contributed by atoms with Gasteiger partial charge < -0.3 is 4.42 Å². The topological polar surface area (TPSA) is 13.1 Å². The zero-order chi connectivity index (χ0) is 5.28. The van der Waals surface area contributed by atoms with Crippen molar-refractivity contribution in [1.29, 1.82) is 0 Å². The van der Waals surface area contributed by atoms with E-state index < -0.39 is 0 Å². The summed E-state index contributed by atoms with van der Waals surface area (Å²) in [6.45, 7) is 1.93. The van der Waals surface area contributed by atoms with E-state index in [9.17, 15) is 0 Å². The third-order valence-corrected chi connectivity index (χ3v) is 0.897. The number of hydrogen-bond acceptors (Lipinski definition) is 1. The van der Waals surface area contributed by atoms with Gasteiger partial charge in [-0.25, -0.2) is 0 Å². The average molecular weight is 117 g/mol. The lowest BCUT2D eigenvalue weighted by Crippen LogP contribution is -1.49. The Morgan fingerprint density at radius 2 is 2.43 bits per heavy atom. The van der Waals surface area contributed by atoms with Crippen molar-refractivity contribution in [3.05, 3.63) is 23.1 Å². The summed E-state index contributed by atoms with van der Waals surface area (Å²) < 4.78 is 4.73. The maximum atomic E-state index is 5.39. The number of aryl methyl sites for hydroxylation is 1. The van der Waals surface area contributed by atoms with Crippen LogP contribution in [0.4, 0.5) is 0 Å². The van der Waals surface area contributed by atoms with Crippen LogP contribution in [0.25, 0.3) is 0 Å². The van der Waals surface area contributed by atoms with Gasteiger partial charge in [0.05, 0.1) is 6.26 Å². The van der Waals surface area contributed by atoms with Crippen LogP contribution in [0.3, 0.4) is 0 Å². The molecule has 1 rings (SSSR count). The van der Waals surface area contributed by atoms with Gasteiger partial charge in [-0.15, -0.1) is 0 Å². The molecule has 38 valence electrons. The second-order valence-corrected chi connectivity index (χ2v) is 1.80. The Kier molecular flexibility index (Phi) is 1.07. The van der Waals surface area contributed by atoms with E-state index in [2.05, 4.69) is 0 Å². The van der Waals surface area contributed by atoms with Crippen LogP contribution >= 0.6 is 11.6 Å². The molecule has 0 spiro atoms. The molecular formula is C5H5ClO. The van der Waals surface area contributed by atoms with Crippen molar-refractivity contribution in [2.24, 2.45) is 0 Å². The van der Waals surface area contributed by atoms with Crippen molar-refractivity contribution < 1.29 is 4.42 Å². The van der Waals surface area contributed by atoms with Gasteiger partial charge in [0, 0.05) is 0 Å². The van der Waals surface area contributed by atoms with Gasteiger partial charge in [0.1, 0.15) is 0 Å². The molecule has 1 aromatic rings. The molecule has 0 unspecified atom stereocenters. The molecule has 0 aliphatic heterocycles. The van der Waals surface area contributed by atoms with E-state index in [1.807, 2.05) is 6.92 Å². The maximum Gasteiger partial charge on any atom is 0.193 e. The Morgan fingerprint density at radius 1 is 1.71 bits per heavy atom. The zero-order valence-electron chi connectivity index (χ0n) is 3.94. The van der Waals surface area contributed by atoms with E-state index in [1.54, 1.807) is 12.3 Å². The van der Waals surface area contributed by atoms with Gasteiger partial charge in [0.25, 0.3) is 0 Å². The lowest BCUT2D eigenvalue weighted by Gasteiger charge is -1.65. The summed E-state index contributed by atoms with van der Waals surface area (Å²) in [5, 5.41) is 0.456. The molecule has 0 saturated heterocycles. The molecule has 0 aromatic carbocycles. The van der Waals surface area contributed by atoms with Crippen molar-refractivity contribution in [1.82, 2.24) is 0 Å². The predicted molar refractivity (Wildman–Crippen MR) is 28.5 cm³/mol. The predicted octanol–water partition coefficient (Wildman–Crippen LogP) is 2.24. The summed E-state index contributed by atoms with van der Waals surface area (Å²) in [5.74, 6) is 0. The molecule has 1 heterocycles. The van der Waals surface area contributed by atoms with E-state index in [0.717, 1.165) is 5.56 Å². The molecule has 0 aliphatic carbocycles. The Labute approximate surface area is 46.9 Å². The third-order valence-electron chi connectivity index (χ3n) is 0.699. The fourth-order valence-corrected chi connectivity index (χ4v) is 0.613. The van der Waals surface area contributed by atoms with Gasteiger partial charge in [-0.3, -0.25) is 0 Å². The monoisotopic (exact) mass is 116 g/mol. The van der Waals surface area contributed by atoms with E-state index in [-0.39, 0.29) is 0 Å². The van der Waals surface area contributed by atoms with Crippen LogP contribution in [0, 0.1) is 6.92 Å². The minimum atomic E-state index is 0.456. The van der Waals surface area contributed by atoms with Crippen LogP contribution in [0.2, 0.25) is 5.22 Å². The van der Waals surface area contributed by atoms with Crippen LogP contribution in [0.5, 0.6) is 0 Å². The van der Waals surface area contributed by atoms with Crippen LogP contribution in [-0.4, -0.2) is 0 Å². The fourth-order valence-electron chi connectivity index (χ4n) is 0.396. The first-order valence-electron chi connectivity index (χ1n) is 1.99. The molecule has 0 fully saturated rings. The first-order chi connectivity index (χ1) is 3.29. The molecular weight excluding hydrogens is 112 g/mol. The molecule has 0 radical (unpaired) electrons. The molecule has 0 atom stereocenters. The summed E-state index contributed by atoms with van der Waals surface area (Å²) >= 11 is 5.39. The van der Waals surface area contributed by atoms with Gasteiger partial charge in [-0.2, -0.15) is 0 Å². The lowest BCUT2D eigenvalue weighted by atomic mass is 10.4. The molecule has 0 saturated carbocycles. The number of rotatable bonds is 0. The maximum absolute atomic E-state index is 5.39. The van der Waals surface area contributed by atoms with Crippen LogP contribution < -0.4 is 0 Å². The van der Waals surface area contributed by atoms with Crippen molar-refractivity contribution >= 4 is 11.6 Å². The van der Waals surface area contributed by atoms with Gasteiger partial charge in [0.2, 0.25) is 0 Å². The van der Waals surface area contributed by atoms with Crippen molar-refractivity contribution in [3.8, 4) is 0 Å². The molecule has 0 aliphatic rings. The highest BCUT2D eigenvalue weighted by molar-refractivity contribution is 6.28. The largest absolute Gasteiger partial charge is 0.453 e. The molecule has 0 amide bonds. The van der Waals surface area contributed by atoms with E-state index in [1.165, 1.54) is 0 Å². The van der Waals surface area contributed by atoms with E-state index >= 15 is 0 Å². The Hall–Kier alpha value is -0.430. The minimum absolute atomic E-state index is 0.456. The highest BCUT2D eigenvalue weighted by Gasteiger charge is 1.88. The van der Waals surface area contributed by atoms with E-state index in [0.29, 0.717) is 5.22 Å². The second kappa shape index (κ2) is 1.58. The molecule has 7 heavy (non-hydrogen) atoms. The minimum Gasteiger partial charge on any atom is -0.453 e. The average Bonchev–Trinajstić information content (AvgIpc) is 1.87. The fraction of sp³-hybridized carbons (Fsp3) is 0.200. The van der Waals surface area contributed by atoms with Crippen LogP contribution in [0.15, 0.2) is 16.7 Å². The molecule has 2 heteroatoms.